The molecule has 0 unspecified atom stereocenters. The van der Waals surface area contributed by atoms with Gasteiger partial charge >= 0.3 is 0 Å². The van der Waals surface area contributed by atoms with Crippen LogP contribution in [0.3, 0.4) is 0 Å². The van der Waals surface area contributed by atoms with Crippen LogP contribution in [-0.2, 0) is 6.54 Å². The second-order valence-electron chi connectivity index (χ2n) is 5.19. The average molecular weight is 251 g/mol. The third-order valence-corrected chi connectivity index (χ3v) is 3.11. The van der Waals surface area contributed by atoms with E-state index in [9.17, 15) is 0 Å². The zero-order chi connectivity index (χ0) is 13.0. The first-order valence-corrected chi connectivity index (χ1v) is 6.35. The van der Waals surface area contributed by atoms with Gasteiger partial charge in [0, 0.05) is 18.7 Å². The van der Waals surface area contributed by atoms with Gasteiger partial charge in [-0.3, -0.25) is 0 Å². The molecule has 0 saturated heterocycles. The summed E-state index contributed by atoms with van der Waals surface area (Å²) >= 11 is 0. The number of benzene rings is 1. The monoisotopic (exact) mass is 251 g/mol. The molecule has 4 heteroatoms. The van der Waals surface area contributed by atoms with Gasteiger partial charge in [0.15, 0.2) is 11.5 Å². The Labute approximate surface area is 108 Å². The summed E-state index contributed by atoms with van der Waals surface area (Å²) in [5, 5.41) is 12.4. The minimum Gasteiger partial charge on any atom is -0.486 e. The lowest BCUT2D eigenvalue weighted by Crippen LogP contribution is -2.39. The number of hydrogen-bond acceptors (Lipinski definition) is 4. The van der Waals surface area contributed by atoms with Crippen molar-refractivity contribution >= 4 is 0 Å². The number of ether oxygens (including phenoxy) is 2. The van der Waals surface area contributed by atoms with E-state index in [1.54, 1.807) is 0 Å². The first-order valence-electron chi connectivity index (χ1n) is 6.35. The highest BCUT2D eigenvalue weighted by molar-refractivity contribution is 5.43. The molecule has 0 aromatic heterocycles. The fourth-order valence-corrected chi connectivity index (χ4v) is 1.91. The maximum absolute atomic E-state index is 8.98. The minimum absolute atomic E-state index is 0.0675. The summed E-state index contributed by atoms with van der Waals surface area (Å²) in [7, 11) is 0. The van der Waals surface area contributed by atoms with Gasteiger partial charge in [0.25, 0.3) is 0 Å². The Morgan fingerprint density at radius 1 is 1.22 bits per heavy atom. The zero-order valence-corrected chi connectivity index (χ0v) is 11.0. The quantitative estimate of drug-likeness (QED) is 0.836. The van der Waals surface area contributed by atoms with E-state index in [2.05, 4.69) is 19.2 Å². The fourth-order valence-electron chi connectivity index (χ4n) is 1.91. The van der Waals surface area contributed by atoms with Crippen LogP contribution in [0.1, 0.15) is 25.8 Å². The van der Waals surface area contributed by atoms with E-state index in [-0.39, 0.29) is 12.1 Å². The summed E-state index contributed by atoms with van der Waals surface area (Å²) < 4.78 is 11.0. The smallest absolute Gasteiger partial charge is 0.161 e. The Bertz CT molecular complexity index is 404. The van der Waals surface area contributed by atoms with E-state index < -0.39 is 0 Å². The van der Waals surface area contributed by atoms with E-state index in [1.807, 2.05) is 18.2 Å². The van der Waals surface area contributed by atoms with Crippen molar-refractivity contribution in [2.75, 3.05) is 19.8 Å². The SMILES string of the molecule is CC(C)(CCO)NCc1ccc2c(c1)OCCO2. The van der Waals surface area contributed by atoms with Gasteiger partial charge in [-0.15, -0.1) is 0 Å². The molecule has 2 rings (SSSR count). The molecule has 2 N–H and O–H groups in total. The third kappa shape index (κ3) is 3.37. The van der Waals surface area contributed by atoms with E-state index in [0.29, 0.717) is 13.2 Å². The van der Waals surface area contributed by atoms with Crippen molar-refractivity contribution in [1.82, 2.24) is 5.32 Å². The molecule has 1 aliphatic heterocycles. The van der Waals surface area contributed by atoms with Crippen molar-refractivity contribution in [2.24, 2.45) is 0 Å². The van der Waals surface area contributed by atoms with Crippen molar-refractivity contribution in [2.45, 2.75) is 32.4 Å². The van der Waals surface area contributed by atoms with E-state index in [1.165, 1.54) is 0 Å². The molecule has 100 valence electrons. The molecule has 4 nitrogen and oxygen atoms in total. The van der Waals surface area contributed by atoms with Gasteiger partial charge in [0.05, 0.1) is 0 Å². The van der Waals surface area contributed by atoms with Crippen molar-refractivity contribution < 1.29 is 14.6 Å². The van der Waals surface area contributed by atoms with Gasteiger partial charge in [-0.05, 0) is 38.0 Å². The predicted molar refractivity (Wildman–Crippen MR) is 70.1 cm³/mol. The van der Waals surface area contributed by atoms with Crippen LogP contribution in [0.15, 0.2) is 18.2 Å². The van der Waals surface area contributed by atoms with Crippen LogP contribution in [0.5, 0.6) is 11.5 Å². The molecule has 0 aliphatic carbocycles. The van der Waals surface area contributed by atoms with Crippen LogP contribution in [0.2, 0.25) is 0 Å². The molecule has 1 heterocycles. The zero-order valence-electron chi connectivity index (χ0n) is 11.0. The lowest BCUT2D eigenvalue weighted by atomic mass is 10.0. The Morgan fingerprint density at radius 2 is 1.94 bits per heavy atom. The minimum atomic E-state index is -0.0675. The summed E-state index contributed by atoms with van der Waals surface area (Å²) in [5.41, 5.74) is 1.09. The van der Waals surface area contributed by atoms with Gasteiger partial charge < -0.3 is 19.9 Å². The molecule has 0 atom stereocenters. The van der Waals surface area contributed by atoms with Crippen molar-refractivity contribution in [3.63, 3.8) is 0 Å². The van der Waals surface area contributed by atoms with Crippen LogP contribution in [0.4, 0.5) is 0 Å². The molecule has 18 heavy (non-hydrogen) atoms. The lowest BCUT2D eigenvalue weighted by molar-refractivity contribution is 0.171. The van der Waals surface area contributed by atoms with Gasteiger partial charge in [-0.2, -0.15) is 0 Å². The summed E-state index contributed by atoms with van der Waals surface area (Å²) in [6.45, 7) is 6.35. The van der Waals surface area contributed by atoms with Gasteiger partial charge in [-0.25, -0.2) is 0 Å². The number of hydrogen-bond donors (Lipinski definition) is 2. The van der Waals surface area contributed by atoms with Gasteiger partial charge in [0.2, 0.25) is 0 Å². The molecular weight excluding hydrogens is 230 g/mol. The summed E-state index contributed by atoms with van der Waals surface area (Å²) in [5.74, 6) is 1.64. The fraction of sp³-hybridized carbons (Fsp3) is 0.571. The van der Waals surface area contributed by atoms with Gasteiger partial charge in [-0.1, -0.05) is 6.07 Å². The predicted octanol–water partition coefficient (Wildman–Crippen LogP) is 1.71. The largest absolute Gasteiger partial charge is 0.486 e. The topological polar surface area (TPSA) is 50.7 Å². The molecule has 0 bridgehead atoms. The van der Waals surface area contributed by atoms with E-state index >= 15 is 0 Å². The first kappa shape index (κ1) is 13.2. The molecule has 1 aliphatic rings. The Hall–Kier alpha value is -1.26. The molecule has 1 aromatic rings. The normalized spacial score (nSPS) is 14.6. The van der Waals surface area contributed by atoms with Crippen LogP contribution in [-0.4, -0.2) is 30.5 Å². The third-order valence-electron chi connectivity index (χ3n) is 3.11. The van der Waals surface area contributed by atoms with Crippen LogP contribution >= 0.6 is 0 Å². The molecule has 0 amide bonds. The number of aliphatic hydroxyl groups excluding tert-OH is 1. The van der Waals surface area contributed by atoms with Crippen molar-refractivity contribution in [3.05, 3.63) is 23.8 Å². The second kappa shape index (κ2) is 5.59. The second-order valence-corrected chi connectivity index (χ2v) is 5.19. The van der Waals surface area contributed by atoms with Crippen LogP contribution < -0.4 is 14.8 Å². The first-order chi connectivity index (χ1) is 8.61. The van der Waals surface area contributed by atoms with Crippen LogP contribution in [0, 0.1) is 0 Å². The maximum Gasteiger partial charge on any atom is 0.161 e. The standard InChI is InChI=1S/C14H21NO3/c1-14(2,5-6-16)15-10-11-3-4-12-13(9-11)18-8-7-17-12/h3-4,9,15-16H,5-8,10H2,1-2H3. The highest BCUT2D eigenvalue weighted by atomic mass is 16.6. The Kier molecular flexibility index (Phi) is 4.09. The van der Waals surface area contributed by atoms with Crippen LogP contribution in [0.25, 0.3) is 0 Å². The Morgan fingerprint density at radius 3 is 2.67 bits per heavy atom. The summed E-state index contributed by atoms with van der Waals surface area (Å²) in [4.78, 5) is 0. The molecule has 0 fully saturated rings. The molecule has 0 spiro atoms. The summed E-state index contributed by atoms with van der Waals surface area (Å²) in [6.07, 6.45) is 0.734. The molecule has 0 radical (unpaired) electrons. The summed E-state index contributed by atoms with van der Waals surface area (Å²) in [6, 6.07) is 6.00. The lowest BCUT2D eigenvalue weighted by Gasteiger charge is -2.26. The highest BCUT2D eigenvalue weighted by Gasteiger charge is 2.17. The van der Waals surface area contributed by atoms with E-state index in [0.717, 1.165) is 30.0 Å². The van der Waals surface area contributed by atoms with E-state index in [4.69, 9.17) is 14.6 Å². The average Bonchev–Trinajstić information content (AvgIpc) is 2.36. The van der Waals surface area contributed by atoms with Crippen molar-refractivity contribution in [1.29, 1.82) is 0 Å². The number of nitrogens with one attached hydrogen (secondary N) is 1. The number of aliphatic hydroxyl groups is 1. The molecule has 0 saturated carbocycles. The highest BCUT2D eigenvalue weighted by Crippen LogP contribution is 2.30. The number of rotatable bonds is 5. The Balaban J connectivity index is 1.98. The van der Waals surface area contributed by atoms with Gasteiger partial charge in [0.1, 0.15) is 13.2 Å². The molecular formula is C14H21NO3. The molecule has 1 aromatic carbocycles. The number of fused-ring (bicyclic) bond motifs is 1. The maximum atomic E-state index is 8.98. The van der Waals surface area contributed by atoms with Crippen molar-refractivity contribution in [3.8, 4) is 11.5 Å².